The summed E-state index contributed by atoms with van der Waals surface area (Å²) in [7, 11) is 0. The fourth-order valence-electron chi connectivity index (χ4n) is 3.76. The van der Waals surface area contributed by atoms with Crippen LogP contribution in [-0.4, -0.2) is 25.8 Å². The summed E-state index contributed by atoms with van der Waals surface area (Å²) >= 11 is 6.19. The van der Waals surface area contributed by atoms with Gasteiger partial charge in [-0.05, 0) is 48.7 Å². The van der Waals surface area contributed by atoms with Crippen LogP contribution in [0.25, 0.3) is 5.69 Å². The summed E-state index contributed by atoms with van der Waals surface area (Å²) in [5.41, 5.74) is 3.03. The highest BCUT2D eigenvalue weighted by molar-refractivity contribution is 6.30. The molecule has 1 aliphatic heterocycles. The molecule has 1 N–H and O–H groups in total. The van der Waals surface area contributed by atoms with Crippen LogP contribution in [0.5, 0.6) is 0 Å². The van der Waals surface area contributed by atoms with Crippen molar-refractivity contribution in [3.8, 4) is 5.69 Å². The first-order chi connectivity index (χ1) is 14.6. The van der Waals surface area contributed by atoms with Gasteiger partial charge in [-0.15, -0.1) is 10.2 Å². The summed E-state index contributed by atoms with van der Waals surface area (Å²) in [5.74, 6) is -2.73. The first-order valence-electron chi connectivity index (χ1n) is 9.33. The van der Waals surface area contributed by atoms with Crippen LogP contribution in [0.4, 0.5) is 13.2 Å². The quantitative estimate of drug-likeness (QED) is 0.593. The van der Waals surface area contributed by atoms with Crippen molar-refractivity contribution in [1.82, 2.24) is 14.8 Å². The monoisotopic (exact) mass is 451 g/mol. The Hall–Kier alpha value is -2.91. The van der Waals surface area contributed by atoms with Crippen molar-refractivity contribution >= 4 is 17.6 Å². The van der Waals surface area contributed by atoms with Crippen LogP contribution in [0, 0.1) is 13.8 Å². The molecule has 0 aliphatic carbocycles. The van der Waals surface area contributed by atoms with Crippen LogP contribution in [0.2, 0.25) is 5.02 Å². The van der Waals surface area contributed by atoms with E-state index in [1.54, 1.807) is 6.07 Å². The van der Waals surface area contributed by atoms with Crippen molar-refractivity contribution in [3.63, 3.8) is 0 Å². The lowest BCUT2D eigenvalue weighted by Gasteiger charge is -2.24. The Morgan fingerprint density at radius 1 is 1.19 bits per heavy atom. The number of aliphatic carboxylic acids is 1. The molecule has 0 spiro atoms. The minimum absolute atomic E-state index is 0.135. The summed E-state index contributed by atoms with van der Waals surface area (Å²) in [6.07, 6.45) is -7.52. The smallest absolute Gasteiger partial charge is 0.452 e. The molecule has 4 rings (SSSR count). The number of aryl methyl sites for hydroxylation is 1. The third-order valence-electron chi connectivity index (χ3n) is 5.33. The lowest BCUT2D eigenvalue weighted by atomic mass is 9.93. The topological polar surface area (TPSA) is 77.2 Å². The van der Waals surface area contributed by atoms with Crippen molar-refractivity contribution < 1.29 is 27.8 Å². The van der Waals surface area contributed by atoms with Crippen molar-refractivity contribution in [3.05, 3.63) is 75.3 Å². The molecule has 1 aromatic heterocycles. The molecule has 0 saturated carbocycles. The molecular formula is C21H17ClF3N3O3. The Balaban J connectivity index is 2.04. The molecule has 0 amide bonds. The number of halogens is 4. The maximum atomic E-state index is 13.7. The number of nitrogens with zero attached hydrogens (tertiary/aromatic N) is 3. The summed E-state index contributed by atoms with van der Waals surface area (Å²) < 4.78 is 48.2. The third-order valence-corrected chi connectivity index (χ3v) is 5.57. The number of fused-ring (bicyclic) bond motifs is 3. The zero-order valence-corrected chi connectivity index (χ0v) is 17.2. The van der Waals surface area contributed by atoms with E-state index in [9.17, 15) is 23.1 Å². The zero-order chi connectivity index (χ0) is 22.5. The van der Waals surface area contributed by atoms with E-state index < -0.39 is 36.6 Å². The van der Waals surface area contributed by atoms with Gasteiger partial charge in [-0.2, -0.15) is 13.2 Å². The second-order valence-electron chi connectivity index (χ2n) is 7.31. The maximum absolute atomic E-state index is 13.7. The highest BCUT2D eigenvalue weighted by atomic mass is 35.5. The van der Waals surface area contributed by atoms with E-state index in [4.69, 9.17) is 16.3 Å². The lowest BCUT2D eigenvalue weighted by Crippen LogP contribution is -2.17. The highest BCUT2D eigenvalue weighted by Gasteiger charge is 2.43. The summed E-state index contributed by atoms with van der Waals surface area (Å²) in [5, 5.41) is 16.7. The van der Waals surface area contributed by atoms with Crippen LogP contribution in [0.15, 0.2) is 36.4 Å². The molecule has 0 saturated heterocycles. The molecule has 10 heteroatoms. The van der Waals surface area contributed by atoms with E-state index in [2.05, 4.69) is 10.2 Å². The van der Waals surface area contributed by atoms with Gasteiger partial charge in [-0.3, -0.25) is 9.36 Å². The molecule has 0 fully saturated rings. The number of hydrogen-bond donors (Lipinski definition) is 1. The van der Waals surface area contributed by atoms with E-state index in [0.29, 0.717) is 16.1 Å². The van der Waals surface area contributed by atoms with Crippen LogP contribution in [0.3, 0.4) is 0 Å². The summed E-state index contributed by atoms with van der Waals surface area (Å²) in [6, 6.07) is 9.93. The Morgan fingerprint density at radius 2 is 1.94 bits per heavy atom. The first-order valence-corrected chi connectivity index (χ1v) is 9.71. The number of carboxylic acids is 1. The molecule has 162 valence electrons. The number of carbonyl (C=O) groups is 1. The Morgan fingerprint density at radius 3 is 2.61 bits per heavy atom. The van der Waals surface area contributed by atoms with Gasteiger partial charge >= 0.3 is 12.1 Å². The van der Waals surface area contributed by atoms with Crippen molar-refractivity contribution in [1.29, 1.82) is 0 Å². The summed E-state index contributed by atoms with van der Waals surface area (Å²) in [6.45, 7) is 3.77. The fraction of sp³-hybridized carbons (Fsp3) is 0.286. The predicted molar refractivity (Wildman–Crippen MR) is 105 cm³/mol. The van der Waals surface area contributed by atoms with Crippen molar-refractivity contribution in [2.24, 2.45) is 0 Å². The van der Waals surface area contributed by atoms with Gasteiger partial charge in [0.1, 0.15) is 12.2 Å². The van der Waals surface area contributed by atoms with Crippen LogP contribution in [-0.2, 0) is 15.7 Å². The molecule has 0 bridgehead atoms. The minimum atomic E-state index is -4.81. The molecule has 2 aromatic carbocycles. The zero-order valence-electron chi connectivity index (χ0n) is 16.4. The second-order valence-corrected chi connectivity index (χ2v) is 7.75. The first kappa shape index (κ1) is 21.3. The highest BCUT2D eigenvalue weighted by Crippen LogP contribution is 2.44. The molecule has 3 aromatic rings. The second kappa shape index (κ2) is 7.65. The van der Waals surface area contributed by atoms with Gasteiger partial charge in [0.15, 0.2) is 5.82 Å². The number of rotatable bonds is 3. The van der Waals surface area contributed by atoms with Gasteiger partial charge in [0.25, 0.3) is 0 Å². The number of aromatic nitrogens is 3. The number of ether oxygens (including phenoxy) is 1. The molecular weight excluding hydrogens is 435 g/mol. The Kier molecular flexibility index (Phi) is 5.26. The fourth-order valence-corrected chi connectivity index (χ4v) is 3.94. The van der Waals surface area contributed by atoms with Crippen molar-refractivity contribution in [2.75, 3.05) is 0 Å². The van der Waals surface area contributed by atoms with Gasteiger partial charge in [-0.25, -0.2) is 0 Å². The molecule has 1 aliphatic rings. The number of carboxylic acid groups (broad SMARTS) is 1. The normalized spacial score (nSPS) is 18.3. The van der Waals surface area contributed by atoms with E-state index in [-0.39, 0.29) is 11.5 Å². The molecule has 31 heavy (non-hydrogen) atoms. The standard InChI is InChI=1S/C21H17ClF3N3O3/c1-10-4-3-5-13(11(10)2)18-14-8-12(22)6-7-15(14)28-19(16(31-18)9-17(29)30)26-27-20(28)21(23,24)25/h3-8,16,18H,9H2,1-2H3,(H,29,30)/t16-,18-/m1/s1. The van der Waals surface area contributed by atoms with E-state index in [1.807, 2.05) is 26.0 Å². The van der Waals surface area contributed by atoms with Gasteiger partial charge in [-0.1, -0.05) is 29.8 Å². The van der Waals surface area contributed by atoms with Gasteiger partial charge in [0, 0.05) is 10.6 Å². The predicted octanol–water partition coefficient (Wildman–Crippen LogP) is 5.19. The lowest BCUT2D eigenvalue weighted by molar-refractivity contribution is -0.146. The molecule has 6 nitrogen and oxygen atoms in total. The Labute approximate surface area is 180 Å². The van der Waals surface area contributed by atoms with E-state index in [0.717, 1.165) is 15.7 Å². The van der Waals surface area contributed by atoms with Crippen LogP contribution >= 0.6 is 11.6 Å². The van der Waals surface area contributed by atoms with Gasteiger partial charge in [0.2, 0.25) is 5.82 Å². The van der Waals surface area contributed by atoms with Crippen molar-refractivity contribution in [2.45, 2.75) is 38.7 Å². The Bertz CT molecular complexity index is 1180. The minimum Gasteiger partial charge on any atom is -0.481 e. The van der Waals surface area contributed by atoms with E-state index >= 15 is 0 Å². The average Bonchev–Trinajstić information content (AvgIpc) is 3.08. The molecule has 2 heterocycles. The summed E-state index contributed by atoms with van der Waals surface area (Å²) in [4.78, 5) is 11.5. The number of benzene rings is 2. The average molecular weight is 452 g/mol. The van der Waals surface area contributed by atoms with Crippen LogP contribution < -0.4 is 0 Å². The largest absolute Gasteiger partial charge is 0.481 e. The number of hydrogen-bond acceptors (Lipinski definition) is 4. The van der Waals surface area contributed by atoms with Gasteiger partial charge in [0.05, 0.1) is 12.1 Å². The third kappa shape index (κ3) is 3.79. The maximum Gasteiger partial charge on any atom is 0.452 e. The molecule has 0 unspecified atom stereocenters. The van der Waals surface area contributed by atoms with E-state index in [1.165, 1.54) is 18.2 Å². The molecule has 0 radical (unpaired) electrons. The SMILES string of the molecule is Cc1cccc([C@H]2O[C@H](CC(=O)O)c3nnc(C(F)(F)F)n3-c3ccc(Cl)cc32)c1C. The van der Waals surface area contributed by atoms with Crippen LogP contribution in [0.1, 0.15) is 52.5 Å². The van der Waals surface area contributed by atoms with Gasteiger partial charge < -0.3 is 9.84 Å². The number of alkyl halides is 3. The molecule has 2 atom stereocenters.